The zero-order valence-electron chi connectivity index (χ0n) is 10.5. The van der Waals surface area contributed by atoms with Crippen LogP contribution in [0.3, 0.4) is 0 Å². The zero-order valence-corrected chi connectivity index (χ0v) is 12.9. The van der Waals surface area contributed by atoms with Crippen molar-refractivity contribution in [1.29, 1.82) is 0 Å². The summed E-state index contributed by atoms with van der Waals surface area (Å²) in [5.74, 6) is 0. The van der Waals surface area contributed by atoms with Crippen LogP contribution in [0, 0.1) is 0 Å². The van der Waals surface area contributed by atoms with E-state index in [-0.39, 0.29) is 0 Å². The van der Waals surface area contributed by atoms with E-state index in [9.17, 15) is 0 Å². The molecular formula is C12H14BrN5S. The average Bonchev–Trinajstić information content (AvgIpc) is 3.14. The molecule has 0 spiro atoms. The number of halogens is 1. The molecule has 3 rings (SSSR count). The van der Waals surface area contributed by atoms with Gasteiger partial charge >= 0.3 is 0 Å². The topological polar surface area (TPSA) is 55.6 Å². The van der Waals surface area contributed by atoms with Crippen molar-refractivity contribution in [3.63, 3.8) is 0 Å². The van der Waals surface area contributed by atoms with Crippen LogP contribution in [0.25, 0.3) is 0 Å². The largest absolute Gasteiger partial charge is 0.316 e. The first-order valence-electron chi connectivity index (χ1n) is 6.16. The summed E-state index contributed by atoms with van der Waals surface area (Å²) in [7, 11) is 1.94. The van der Waals surface area contributed by atoms with Gasteiger partial charge in [0, 0.05) is 15.9 Å². The highest BCUT2D eigenvalue weighted by molar-refractivity contribution is 9.10. The lowest BCUT2D eigenvalue weighted by atomic mass is 10.2. The lowest BCUT2D eigenvalue weighted by Crippen LogP contribution is -2.05. The fraction of sp³-hybridized carbons (Fsp3) is 0.417. The maximum absolute atomic E-state index is 4.10. The molecule has 1 aliphatic carbocycles. The van der Waals surface area contributed by atoms with E-state index < -0.39 is 0 Å². The van der Waals surface area contributed by atoms with Crippen molar-refractivity contribution >= 4 is 27.7 Å². The van der Waals surface area contributed by atoms with Gasteiger partial charge in [-0.3, -0.25) is 0 Å². The average molecular weight is 340 g/mol. The van der Waals surface area contributed by atoms with Gasteiger partial charge in [0.05, 0.1) is 6.04 Å². The molecule has 1 aromatic carbocycles. The summed E-state index contributed by atoms with van der Waals surface area (Å²) in [6, 6.07) is 6.84. The molecule has 2 aromatic rings. The Kier molecular flexibility index (Phi) is 3.86. The Morgan fingerprint density at radius 1 is 1.47 bits per heavy atom. The van der Waals surface area contributed by atoms with Gasteiger partial charge in [0.15, 0.2) is 0 Å². The minimum Gasteiger partial charge on any atom is -0.316 e. The molecule has 1 heterocycles. The van der Waals surface area contributed by atoms with Crippen LogP contribution in [0.5, 0.6) is 0 Å². The Morgan fingerprint density at radius 3 is 3.00 bits per heavy atom. The monoisotopic (exact) mass is 339 g/mol. The Labute approximate surface area is 124 Å². The molecule has 1 fully saturated rings. The van der Waals surface area contributed by atoms with Crippen molar-refractivity contribution in [2.24, 2.45) is 0 Å². The van der Waals surface area contributed by atoms with Gasteiger partial charge in [0.25, 0.3) is 0 Å². The van der Waals surface area contributed by atoms with E-state index in [1.165, 1.54) is 18.4 Å². The van der Waals surface area contributed by atoms with Crippen molar-refractivity contribution in [2.75, 3.05) is 7.05 Å². The number of aromatic nitrogens is 4. The van der Waals surface area contributed by atoms with Crippen LogP contribution in [-0.2, 0) is 6.54 Å². The van der Waals surface area contributed by atoms with Crippen LogP contribution in [0.1, 0.15) is 24.4 Å². The van der Waals surface area contributed by atoms with Crippen LogP contribution in [0.2, 0.25) is 0 Å². The molecule has 0 atom stereocenters. The minimum atomic E-state index is 0.504. The van der Waals surface area contributed by atoms with Crippen molar-refractivity contribution < 1.29 is 0 Å². The summed E-state index contributed by atoms with van der Waals surface area (Å²) in [6.07, 6.45) is 2.37. The lowest BCUT2D eigenvalue weighted by molar-refractivity contribution is 0.565. The molecule has 0 saturated heterocycles. The van der Waals surface area contributed by atoms with Crippen LogP contribution in [0.4, 0.5) is 0 Å². The molecule has 5 nitrogen and oxygen atoms in total. The fourth-order valence-electron chi connectivity index (χ4n) is 1.83. The molecule has 0 radical (unpaired) electrons. The van der Waals surface area contributed by atoms with E-state index in [0.717, 1.165) is 21.1 Å². The molecular weight excluding hydrogens is 326 g/mol. The van der Waals surface area contributed by atoms with E-state index in [1.54, 1.807) is 11.8 Å². The highest BCUT2D eigenvalue weighted by Gasteiger charge is 2.28. The van der Waals surface area contributed by atoms with Crippen LogP contribution in [-0.4, -0.2) is 27.3 Å². The van der Waals surface area contributed by atoms with E-state index in [1.807, 2.05) is 11.7 Å². The molecule has 0 unspecified atom stereocenters. The highest BCUT2D eigenvalue weighted by Crippen LogP contribution is 2.38. The summed E-state index contributed by atoms with van der Waals surface area (Å²) in [6.45, 7) is 0.853. The second-order valence-corrected chi connectivity index (χ2v) is 6.42. The second-order valence-electron chi connectivity index (χ2n) is 4.52. The quantitative estimate of drug-likeness (QED) is 0.907. The van der Waals surface area contributed by atoms with Crippen molar-refractivity contribution in [2.45, 2.75) is 35.5 Å². The Bertz CT molecular complexity index is 581. The number of benzene rings is 1. The third-order valence-corrected chi connectivity index (χ3v) is 4.64. The standard InChI is InChI=1S/C12H14BrN5S/c1-14-7-8-2-5-10(6-11(8)13)19-12-15-16-17-18(12)9-3-4-9/h2,5-6,9,14H,3-4,7H2,1H3. The van der Waals surface area contributed by atoms with Crippen molar-refractivity contribution in [3.05, 3.63) is 28.2 Å². The first kappa shape index (κ1) is 13.1. The summed E-state index contributed by atoms with van der Waals surface area (Å²) in [5.41, 5.74) is 1.24. The molecule has 1 saturated carbocycles. The molecule has 0 amide bonds. The summed E-state index contributed by atoms with van der Waals surface area (Å²) < 4.78 is 3.04. The van der Waals surface area contributed by atoms with Gasteiger partial charge in [-0.05, 0) is 59.8 Å². The molecule has 100 valence electrons. The molecule has 1 aliphatic rings. The number of hydrogen-bond donors (Lipinski definition) is 1. The van der Waals surface area contributed by atoms with Gasteiger partial charge in [-0.1, -0.05) is 22.0 Å². The highest BCUT2D eigenvalue weighted by atomic mass is 79.9. The third kappa shape index (κ3) is 2.98. The SMILES string of the molecule is CNCc1ccc(Sc2nnnn2C2CC2)cc1Br. The number of hydrogen-bond acceptors (Lipinski definition) is 5. The number of tetrazole rings is 1. The van der Waals surface area contributed by atoms with E-state index in [2.05, 4.69) is 55.0 Å². The maximum atomic E-state index is 4.10. The van der Waals surface area contributed by atoms with Crippen molar-refractivity contribution in [3.8, 4) is 0 Å². The Hall–Kier alpha value is -0.920. The van der Waals surface area contributed by atoms with E-state index in [0.29, 0.717) is 6.04 Å². The van der Waals surface area contributed by atoms with Gasteiger partial charge in [0.2, 0.25) is 5.16 Å². The summed E-state index contributed by atoms with van der Waals surface area (Å²) in [4.78, 5) is 1.14. The molecule has 1 aromatic heterocycles. The van der Waals surface area contributed by atoms with Crippen LogP contribution < -0.4 is 5.32 Å². The molecule has 7 heteroatoms. The molecule has 1 N–H and O–H groups in total. The van der Waals surface area contributed by atoms with Gasteiger partial charge < -0.3 is 5.32 Å². The Morgan fingerprint density at radius 2 is 2.32 bits per heavy atom. The second kappa shape index (κ2) is 5.60. The predicted octanol–water partition coefficient (Wildman–Crippen LogP) is 2.64. The van der Waals surface area contributed by atoms with Gasteiger partial charge in [-0.15, -0.1) is 5.10 Å². The number of nitrogens with zero attached hydrogens (tertiary/aromatic N) is 4. The summed E-state index contributed by atoms with van der Waals surface area (Å²) in [5, 5.41) is 15.9. The predicted molar refractivity (Wildman–Crippen MR) is 77.1 cm³/mol. The van der Waals surface area contributed by atoms with Gasteiger partial charge in [-0.2, -0.15) is 0 Å². The maximum Gasteiger partial charge on any atom is 0.214 e. The lowest BCUT2D eigenvalue weighted by Gasteiger charge is -2.06. The van der Waals surface area contributed by atoms with E-state index in [4.69, 9.17) is 0 Å². The fourth-order valence-corrected chi connectivity index (χ4v) is 3.38. The molecule has 19 heavy (non-hydrogen) atoms. The van der Waals surface area contributed by atoms with Gasteiger partial charge in [-0.25, -0.2) is 4.68 Å². The molecule has 0 aliphatic heterocycles. The first-order valence-corrected chi connectivity index (χ1v) is 7.77. The number of nitrogens with one attached hydrogen (secondary N) is 1. The zero-order chi connectivity index (χ0) is 13.2. The third-order valence-electron chi connectivity index (χ3n) is 2.96. The smallest absolute Gasteiger partial charge is 0.214 e. The Balaban J connectivity index is 1.79. The van der Waals surface area contributed by atoms with Gasteiger partial charge in [0.1, 0.15) is 0 Å². The summed E-state index contributed by atoms with van der Waals surface area (Å²) >= 11 is 5.21. The van der Waals surface area contributed by atoms with Crippen molar-refractivity contribution in [1.82, 2.24) is 25.5 Å². The normalized spacial score (nSPS) is 14.8. The number of rotatable bonds is 5. The molecule has 0 bridgehead atoms. The first-order chi connectivity index (χ1) is 9.28. The van der Waals surface area contributed by atoms with Crippen LogP contribution in [0.15, 0.2) is 32.7 Å². The van der Waals surface area contributed by atoms with Crippen LogP contribution >= 0.6 is 27.7 Å². The van der Waals surface area contributed by atoms with E-state index >= 15 is 0 Å². The minimum absolute atomic E-state index is 0.504.